The molecule has 0 fully saturated rings. The van der Waals surface area contributed by atoms with Gasteiger partial charge in [0.15, 0.2) is 6.61 Å². The second-order valence-electron chi connectivity index (χ2n) is 4.52. The summed E-state index contributed by atoms with van der Waals surface area (Å²) in [6.07, 6.45) is 1.04. The molecule has 106 valence electrons. The molecule has 0 aliphatic carbocycles. The molecule has 0 aliphatic rings. The summed E-state index contributed by atoms with van der Waals surface area (Å²) < 4.78 is 5.48. The van der Waals surface area contributed by atoms with Gasteiger partial charge in [0.1, 0.15) is 5.75 Å². The van der Waals surface area contributed by atoms with E-state index >= 15 is 0 Å². The highest BCUT2D eigenvalue weighted by atomic mass is 16.5. The van der Waals surface area contributed by atoms with Crippen LogP contribution in [0.4, 0.5) is 0 Å². The summed E-state index contributed by atoms with van der Waals surface area (Å²) in [7, 11) is 3.73. The van der Waals surface area contributed by atoms with Crippen LogP contribution in [0.1, 0.15) is 31.9 Å². The summed E-state index contributed by atoms with van der Waals surface area (Å²) in [5, 5.41) is 3.26. The van der Waals surface area contributed by atoms with Crippen molar-refractivity contribution in [3.8, 4) is 5.75 Å². The van der Waals surface area contributed by atoms with Crippen LogP contribution in [-0.4, -0.2) is 38.1 Å². The van der Waals surface area contributed by atoms with Crippen molar-refractivity contribution in [1.29, 1.82) is 0 Å². The Balaban J connectivity index is 2.55. The molecular formula is C15H24N2O2. The molecule has 4 nitrogen and oxygen atoms in total. The highest BCUT2D eigenvalue weighted by Gasteiger charge is 2.09. The zero-order valence-corrected chi connectivity index (χ0v) is 12.3. The third kappa shape index (κ3) is 4.56. The lowest BCUT2D eigenvalue weighted by Gasteiger charge is -2.16. The number of nitrogens with zero attached hydrogens (tertiary/aromatic N) is 1. The van der Waals surface area contributed by atoms with Gasteiger partial charge in [-0.15, -0.1) is 0 Å². The number of rotatable bonds is 7. The highest BCUT2D eigenvalue weighted by molar-refractivity contribution is 5.77. The van der Waals surface area contributed by atoms with Crippen LogP contribution in [0.3, 0.4) is 0 Å². The van der Waals surface area contributed by atoms with Gasteiger partial charge in [-0.3, -0.25) is 4.79 Å². The Morgan fingerprint density at radius 3 is 2.42 bits per heavy atom. The first-order chi connectivity index (χ1) is 9.12. The molecule has 0 aliphatic heterocycles. The monoisotopic (exact) mass is 264 g/mol. The lowest BCUT2D eigenvalue weighted by atomic mass is 10.1. The smallest absolute Gasteiger partial charge is 0.260 e. The zero-order chi connectivity index (χ0) is 14.3. The van der Waals surface area contributed by atoms with E-state index in [9.17, 15) is 4.79 Å². The molecule has 0 bridgehead atoms. The van der Waals surface area contributed by atoms with Crippen molar-refractivity contribution < 1.29 is 9.53 Å². The highest BCUT2D eigenvalue weighted by Crippen LogP contribution is 2.19. The minimum Gasteiger partial charge on any atom is -0.484 e. The number of benzene rings is 1. The molecule has 0 aromatic heterocycles. The Labute approximate surface area is 115 Å². The van der Waals surface area contributed by atoms with Gasteiger partial charge in [-0.1, -0.05) is 19.1 Å². The maximum Gasteiger partial charge on any atom is 0.260 e. The average molecular weight is 264 g/mol. The van der Waals surface area contributed by atoms with Gasteiger partial charge >= 0.3 is 0 Å². The van der Waals surface area contributed by atoms with E-state index in [1.165, 1.54) is 5.56 Å². The first kappa shape index (κ1) is 15.5. The van der Waals surface area contributed by atoms with Gasteiger partial charge in [0.25, 0.3) is 5.91 Å². The topological polar surface area (TPSA) is 41.6 Å². The van der Waals surface area contributed by atoms with E-state index in [1.807, 2.05) is 38.2 Å². The van der Waals surface area contributed by atoms with E-state index in [0.717, 1.165) is 12.2 Å². The summed E-state index contributed by atoms with van der Waals surface area (Å²) in [6, 6.07) is 8.26. The summed E-state index contributed by atoms with van der Waals surface area (Å²) in [4.78, 5) is 13.2. The molecule has 1 atom stereocenters. The third-order valence-electron chi connectivity index (χ3n) is 3.30. The first-order valence-corrected chi connectivity index (χ1v) is 6.76. The van der Waals surface area contributed by atoms with Crippen molar-refractivity contribution in [1.82, 2.24) is 10.2 Å². The molecule has 1 aromatic rings. The second kappa shape index (κ2) is 7.79. The van der Waals surface area contributed by atoms with E-state index in [-0.39, 0.29) is 12.5 Å². The van der Waals surface area contributed by atoms with Gasteiger partial charge in [-0.05, 0) is 38.1 Å². The number of nitrogens with one attached hydrogen (secondary N) is 1. The molecule has 1 aromatic carbocycles. The fourth-order valence-corrected chi connectivity index (χ4v) is 1.83. The van der Waals surface area contributed by atoms with Crippen LogP contribution in [0.25, 0.3) is 0 Å². The van der Waals surface area contributed by atoms with Crippen LogP contribution in [-0.2, 0) is 4.79 Å². The van der Waals surface area contributed by atoms with Crippen LogP contribution in [0.15, 0.2) is 24.3 Å². The predicted molar refractivity (Wildman–Crippen MR) is 77.3 cm³/mol. The summed E-state index contributed by atoms with van der Waals surface area (Å²) in [5.41, 5.74) is 1.23. The van der Waals surface area contributed by atoms with Crippen LogP contribution in [0.5, 0.6) is 5.75 Å². The summed E-state index contributed by atoms with van der Waals surface area (Å²) >= 11 is 0. The molecule has 1 amide bonds. The van der Waals surface area contributed by atoms with Gasteiger partial charge in [-0.2, -0.15) is 0 Å². The molecule has 4 heteroatoms. The normalized spacial score (nSPS) is 12.0. The van der Waals surface area contributed by atoms with Crippen LogP contribution in [0.2, 0.25) is 0 Å². The quantitative estimate of drug-likeness (QED) is 0.821. The number of likely N-dealkylation sites (N-methyl/N-ethyl adjacent to an activating group) is 1. The Morgan fingerprint density at radius 2 is 1.95 bits per heavy atom. The maximum absolute atomic E-state index is 11.6. The predicted octanol–water partition coefficient (Wildman–Crippen LogP) is 2.21. The standard InChI is InChI=1S/C15H24N2O2/c1-5-14(16-3)12-7-9-13(10-8-12)19-11-15(18)17(4)6-2/h7-10,14,16H,5-6,11H2,1-4H3. The Hall–Kier alpha value is -1.55. The van der Waals surface area contributed by atoms with E-state index in [0.29, 0.717) is 12.6 Å². The fraction of sp³-hybridized carbons (Fsp3) is 0.533. The van der Waals surface area contributed by atoms with E-state index in [2.05, 4.69) is 12.2 Å². The fourth-order valence-electron chi connectivity index (χ4n) is 1.83. The minimum absolute atomic E-state index is 0.00626. The summed E-state index contributed by atoms with van der Waals surface area (Å²) in [5.74, 6) is 0.723. The molecule has 19 heavy (non-hydrogen) atoms. The average Bonchev–Trinajstić information content (AvgIpc) is 2.46. The molecule has 0 spiro atoms. The molecule has 1 N–H and O–H groups in total. The van der Waals surface area contributed by atoms with Crippen LogP contribution >= 0.6 is 0 Å². The zero-order valence-electron chi connectivity index (χ0n) is 12.3. The lowest BCUT2D eigenvalue weighted by molar-refractivity contribution is -0.131. The van der Waals surface area contributed by atoms with Crippen molar-refractivity contribution in [3.63, 3.8) is 0 Å². The van der Waals surface area contributed by atoms with Crippen LogP contribution < -0.4 is 10.1 Å². The number of hydrogen-bond acceptors (Lipinski definition) is 3. The maximum atomic E-state index is 11.6. The Kier molecular flexibility index (Phi) is 6.36. The number of carbonyl (C=O) groups is 1. The molecule has 0 saturated heterocycles. The Bertz CT molecular complexity index is 386. The van der Waals surface area contributed by atoms with Crippen molar-refractivity contribution in [2.24, 2.45) is 0 Å². The van der Waals surface area contributed by atoms with Gasteiger partial charge < -0.3 is 15.0 Å². The van der Waals surface area contributed by atoms with E-state index in [1.54, 1.807) is 11.9 Å². The Morgan fingerprint density at radius 1 is 1.32 bits per heavy atom. The van der Waals surface area contributed by atoms with Gasteiger partial charge in [0, 0.05) is 19.6 Å². The number of ether oxygens (including phenoxy) is 1. The van der Waals surface area contributed by atoms with Crippen molar-refractivity contribution in [2.75, 3.05) is 27.2 Å². The van der Waals surface area contributed by atoms with Crippen molar-refractivity contribution >= 4 is 5.91 Å². The number of amides is 1. The lowest BCUT2D eigenvalue weighted by Crippen LogP contribution is -2.31. The van der Waals surface area contributed by atoms with Gasteiger partial charge in [-0.25, -0.2) is 0 Å². The molecular weight excluding hydrogens is 240 g/mol. The van der Waals surface area contributed by atoms with Gasteiger partial charge in [0.05, 0.1) is 0 Å². The first-order valence-electron chi connectivity index (χ1n) is 6.76. The molecule has 0 saturated carbocycles. The SMILES string of the molecule is CCC(NC)c1ccc(OCC(=O)N(C)CC)cc1. The largest absolute Gasteiger partial charge is 0.484 e. The van der Waals surface area contributed by atoms with Crippen LogP contribution in [0, 0.1) is 0 Å². The third-order valence-corrected chi connectivity index (χ3v) is 3.30. The van der Waals surface area contributed by atoms with E-state index < -0.39 is 0 Å². The second-order valence-corrected chi connectivity index (χ2v) is 4.52. The molecule has 0 radical (unpaired) electrons. The number of carbonyl (C=O) groups excluding carboxylic acids is 1. The van der Waals surface area contributed by atoms with Crippen molar-refractivity contribution in [2.45, 2.75) is 26.3 Å². The minimum atomic E-state index is -0.00626. The summed E-state index contributed by atoms with van der Waals surface area (Å²) in [6.45, 7) is 4.87. The molecule has 0 heterocycles. The molecule has 1 rings (SSSR count). The molecule has 1 unspecified atom stereocenters. The number of hydrogen-bond donors (Lipinski definition) is 1. The van der Waals surface area contributed by atoms with Crippen molar-refractivity contribution in [3.05, 3.63) is 29.8 Å². The van der Waals surface area contributed by atoms with Gasteiger partial charge in [0.2, 0.25) is 0 Å². The van der Waals surface area contributed by atoms with E-state index in [4.69, 9.17) is 4.74 Å².